The first-order valence-electron chi connectivity index (χ1n) is 0.781. The Balaban J connectivity index is -0.0000000133. The van der Waals surface area contributed by atoms with E-state index in [-0.39, 0.29) is 18.9 Å². The summed E-state index contributed by atoms with van der Waals surface area (Å²) in [5.74, 6) is 0. The topological polar surface area (TPSA) is 0 Å². The van der Waals surface area contributed by atoms with Crippen molar-refractivity contribution in [3.63, 3.8) is 0 Å². The maximum Gasteiger partial charge on any atom is 0.0252 e. The average Bonchev–Trinajstić information content (AvgIpc) is 1.50. The van der Waals surface area contributed by atoms with E-state index < -0.39 is 0 Å². The van der Waals surface area contributed by atoms with Gasteiger partial charge in [0.25, 0.3) is 0 Å². The summed E-state index contributed by atoms with van der Waals surface area (Å²) in [6, 6.07) is 0. The van der Waals surface area contributed by atoms with Crippen molar-refractivity contribution in [2.75, 3.05) is 0 Å². The molecule has 2 radical (unpaired) electrons. The van der Waals surface area contributed by atoms with Crippen molar-refractivity contribution >= 4 is 67.4 Å². The van der Waals surface area contributed by atoms with Gasteiger partial charge < -0.3 is 0 Å². The Hall–Kier alpha value is 2.26. The first-order valence-corrected chi connectivity index (χ1v) is 9.30. The molecule has 0 amide bonds. The van der Waals surface area contributed by atoms with Gasteiger partial charge in [-0.25, -0.2) is 0 Å². The molecule has 0 aromatic rings. The van der Waals surface area contributed by atoms with Gasteiger partial charge >= 0.3 is 48.7 Å². The summed E-state index contributed by atoms with van der Waals surface area (Å²) in [5, 5.41) is 0. The number of rotatable bonds is 0. The Bertz CT molecular complexity index is 11.6. The molecule has 0 aliphatic rings. The van der Waals surface area contributed by atoms with Crippen LogP contribution < -0.4 is 0 Å². The molecule has 0 fully saturated rings. The second-order valence-corrected chi connectivity index (χ2v) is 0. The normalized spacial score (nSPS) is 2.60. The molecule has 0 N–H and O–H groups in total. The maximum atomic E-state index is 4.17. The Labute approximate surface area is 66.8 Å². The van der Waals surface area contributed by atoms with Crippen LogP contribution in [0.15, 0.2) is 0 Å². The molecular formula is H6LiPSSiSn. The van der Waals surface area contributed by atoms with E-state index >= 15 is 0 Å². The largest absolute Gasteiger partial charge is 0.159 e. The van der Waals surface area contributed by atoms with E-state index in [1.165, 1.54) is 9.91 Å². The van der Waals surface area contributed by atoms with E-state index in [0.29, 0.717) is 0 Å². The number of hydrogen-bond donors (Lipinski definition) is 0. The van der Waals surface area contributed by atoms with Gasteiger partial charge in [-0.05, 0) is 0 Å². The van der Waals surface area contributed by atoms with Crippen LogP contribution in [0.1, 0.15) is 0 Å². The molecule has 0 aliphatic heterocycles. The van der Waals surface area contributed by atoms with Crippen molar-refractivity contribution in [3.8, 4) is 0 Å². The molecule has 0 saturated carbocycles. The fourth-order valence-corrected chi connectivity index (χ4v) is 0. The van der Waals surface area contributed by atoms with E-state index in [4.69, 9.17) is 0 Å². The van der Waals surface area contributed by atoms with Crippen molar-refractivity contribution in [2.45, 2.75) is 0 Å². The van der Waals surface area contributed by atoms with E-state index in [2.05, 4.69) is 18.1 Å². The van der Waals surface area contributed by atoms with Crippen LogP contribution in [0.2, 0.25) is 0 Å². The Morgan fingerprint density at radius 1 is 1.40 bits per heavy atom. The number of hydrogen-bond acceptors (Lipinski definition) is 1. The predicted octanol–water partition coefficient (Wildman–Crippen LogP) is -1.24. The third kappa shape index (κ3) is 22.2. The molecule has 0 rings (SSSR count). The van der Waals surface area contributed by atoms with Gasteiger partial charge in [-0.3, -0.25) is 0 Å². The Morgan fingerprint density at radius 2 is 1.40 bits per heavy atom. The zero-order valence-corrected chi connectivity index (χ0v) is 9.31. The van der Waals surface area contributed by atoms with Gasteiger partial charge in [0.05, 0.1) is 0 Å². The molecule has 5 heavy (non-hydrogen) atoms. The Kier molecular flexibility index (Phi) is 106. The average molecular weight is 223 g/mol. The molecule has 26 valence electrons. The minimum absolute atomic E-state index is 0. The van der Waals surface area contributed by atoms with Gasteiger partial charge in [-0.2, -0.15) is 8.79 Å². The molecule has 0 aromatic heterocycles. The zero-order chi connectivity index (χ0) is 4.00. The van der Waals surface area contributed by atoms with Crippen LogP contribution >= 0.6 is 18.1 Å². The molecule has 0 bridgehead atoms. The molecule has 5 heteroatoms. The van der Waals surface area contributed by atoms with Crippen LogP contribution in [0.4, 0.5) is 0 Å². The summed E-state index contributed by atoms with van der Waals surface area (Å²) in [7, 11) is 7.95. The summed E-state index contributed by atoms with van der Waals surface area (Å²) >= 11 is 1.13. The fraction of sp³-hybridized carbons (Fsp3) is 0. The third-order valence-electron chi connectivity index (χ3n) is 0. The summed E-state index contributed by atoms with van der Waals surface area (Å²) in [5.41, 5.74) is 0. The van der Waals surface area contributed by atoms with Gasteiger partial charge in [0.15, 0.2) is 0 Å². The Morgan fingerprint density at radius 3 is 1.40 bits per heavy atom. The van der Waals surface area contributed by atoms with E-state index in [9.17, 15) is 0 Å². The minimum Gasteiger partial charge on any atom is -0.159 e. The first-order chi connectivity index (χ1) is 2.00. The van der Waals surface area contributed by atoms with Crippen LogP contribution in [0.25, 0.3) is 0 Å². The van der Waals surface area contributed by atoms with Gasteiger partial charge in [0, 0.05) is 9.91 Å². The van der Waals surface area contributed by atoms with Crippen LogP contribution in [-0.4, -0.2) is 49.4 Å². The van der Waals surface area contributed by atoms with Gasteiger partial charge in [0.2, 0.25) is 0 Å². The van der Waals surface area contributed by atoms with E-state index in [1.54, 1.807) is 0 Å². The van der Waals surface area contributed by atoms with E-state index in [0.717, 1.165) is 20.6 Å². The fourth-order valence-electron chi connectivity index (χ4n) is 0. The second-order valence-electron chi connectivity index (χ2n) is 0. The zero-order valence-electron chi connectivity index (χ0n) is 2.49. The molecule has 0 saturated heterocycles. The molecule has 0 spiro atoms. The molecule has 1 atom stereocenters. The van der Waals surface area contributed by atoms with E-state index in [1.807, 2.05) is 0 Å². The smallest absolute Gasteiger partial charge is 0.0252 e. The standard InChI is InChI=1S/Li.H5PSi.S.Sn.H/c;1-2;;;/h;1H2,2H3;;;. The monoisotopic (exact) mass is 224 g/mol. The predicted molar refractivity (Wildman–Crippen MR) is 40.1 cm³/mol. The van der Waals surface area contributed by atoms with Crippen LogP contribution in [0, 0.1) is 0 Å². The maximum absolute atomic E-state index is 4.17. The third-order valence-corrected chi connectivity index (χ3v) is 0. The van der Waals surface area contributed by atoms with Crippen LogP contribution in [0.5, 0.6) is 0 Å². The molecular weight excluding hydrogens is 217 g/mol. The van der Waals surface area contributed by atoms with Crippen molar-refractivity contribution in [1.82, 2.24) is 0 Å². The first kappa shape index (κ1) is 15.7. The van der Waals surface area contributed by atoms with Crippen molar-refractivity contribution in [1.29, 1.82) is 0 Å². The summed E-state index contributed by atoms with van der Waals surface area (Å²) in [6.45, 7) is 0. The SMILES string of the molecule is [LiH].[S]=[Sn].[SiH3]P. The molecule has 0 aromatic carbocycles. The minimum atomic E-state index is 0. The summed E-state index contributed by atoms with van der Waals surface area (Å²) in [6.07, 6.45) is 0. The molecule has 0 nitrogen and oxygen atoms in total. The second kappa shape index (κ2) is 33.9. The van der Waals surface area contributed by atoms with Crippen molar-refractivity contribution in [2.24, 2.45) is 0 Å². The molecule has 0 aliphatic carbocycles. The van der Waals surface area contributed by atoms with Gasteiger partial charge in [0.1, 0.15) is 0 Å². The summed E-state index contributed by atoms with van der Waals surface area (Å²) < 4.78 is 0. The van der Waals surface area contributed by atoms with Crippen LogP contribution in [0.3, 0.4) is 0 Å². The molecule has 1 unspecified atom stereocenters. The quantitative estimate of drug-likeness (QED) is 0.365. The summed E-state index contributed by atoms with van der Waals surface area (Å²) in [4.78, 5) is 0. The van der Waals surface area contributed by atoms with Crippen LogP contribution in [-0.2, 0) is 0 Å². The van der Waals surface area contributed by atoms with Gasteiger partial charge in [-0.1, -0.05) is 0 Å². The van der Waals surface area contributed by atoms with Crippen molar-refractivity contribution in [3.05, 3.63) is 0 Å². The molecule has 0 heterocycles. The van der Waals surface area contributed by atoms with Gasteiger partial charge in [-0.15, -0.1) is 0 Å². The van der Waals surface area contributed by atoms with Crippen molar-refractivity contribution < 1.29 is 0 Å².